The smallest absolute Gasteiger partial charge is 0.235 e. The fraction of sp³-hybridized carbons (Fsp3) is 0.150. The average molecular weight is 376 g/mol. The molecule has 0 atom stereocenters. The van der Waals surface area contributed by atoms with Crippen molar-refractivity contribution in [2.75, 3.05) is 6.61 Å². The van der Waals surface area contributed by atoms with Crippen molar-refractivity contribution in [3.05, 3.63) is 54.1 Å². The molecule has 0 fully saturated rings. The highest BCUT2D eigenvalue weighted by molar-refractivity contribution is 7.19. The molecule has 0 aliphatic carbocycles. The molecule has 0 saturated carbocycles. The molecule has 0 N–H and O–H groups in total. The first kappa shape index (κ1) is 16.0. The van der Waals surface area contributed by atoms with Gasteiger partial charge in [0.1, 0.15) is 16.3 Å². The predicted octanol–water partition coefficient (Wildman–Crippen LogP) is 4.97. The topological polar surface area (TPSA) is 65.5 Å². The van der Waals surface area contributed by atoms with Gasteiger partial charge in [0.2, 0.25) is 10.8 Å². The Kier molecular flexibility index (Phi) is 3.68. The van der Waals surface area contributed by atoms with Crippen LogP contribution in [0.15, 0.2) is 52.9 Å². The van der Waals surface area contributed by atoms with Gasteiger partial charge in [0.15, 0.2) is 5.76 Å². The van der Waals surface area contributed by atoms with Gasteiger partial charge in [0, 0.05) is 16.5 Å². The first-order valence-corrected chi connectivity index (χ1v) is 9.50. The van der Waals surface area contributed by atoms with Crippen LogP contribution in [0, 0.1) is 6.92 Å². The Hall–Kier alpha value is -3.19. The summed E-state index contributed by atoms with van der Waals surface area (Å²) in [5, 5.41) is 15.2. The molecular weight excluding hydrogens is 360 g/mol. The molecule has 0 aliphatic rings. The van der Waals surface area contributed by atoms with Gasteiger partial charge in [-0.2, -0.15) is 9.61 Å². The highest BCUT2D eigenvalue weighted by Gasteiger charge is 2.20. The monoisotopic (exact) mass is 376 g/mol. The standard InChI is InChI=1S/C20H16N4O2S/c1-3-25-14-10-8-13(9-11-14)19-23-24-18(21-22-20(24)27-19)17-12(2)15-6-4-5-7-16(15)26-17/h4-11H,3H2,1-2H3. The first-order chi connectivity index (χ1) is 13.2. The maximum atomic E-state index is 6.03. The van der Waals surface area contributed by atoms with Crippen LogP contribution in [0.2, 0.25) is 0 Å². The van der Waals surface area contributed by atoms with Crippen molar-refractivity contribution in [1.82, 2.24) is 19.8 Å². The second-order valence-electron chi connectivity index (χ2n) is 6.13. The summed E-state index contributed by atoms with van der Waals surface area (Å²) in [6, 6.07) is 15.9. The van der Waals surface area contributed by atoms with Crippen molar-refractivity contribution in [2.24, 2.45) is 0 Å². The minimum Gasteiger partial charge on any atom is -0.494 e. The Balaban J connectivity index is 1.59. The molecule has 2 aromatic carbocycles. The van der Waals surface area contributed by atoms with Gasteiger partial charge >= 0.3 is 0 Å². The lowest BCUT2D eigenvalue weighted by Crippen LogP contribution is -1.92. The van der Waals surface area contributed by atoms with E-state index in [0.717, 1.165) is 37.8 Å². The fourth-order valence-electron chi connectivity index (χ4n) is 3.12. The summed E-state index contributed by atoms with van der Waals surface area (Å²) in [7, 11) is 0. The van der Waals surface area contributed by atoms with Crippen LogP contribution in [0.1, 0.15) is 12.5 Å². The van der Waals surface area contributed by atoms with Crippen molar-refractivity contribution >= 4 is 27.3 Å². The van der Waals surface area contributed by atoms with Gasteiger partial charge in [0.05, 0.1) is 6.61 Å². The van der Waals surface area contributed by atoms with Gasteiger partial charge in [-0.3, -0.25) is 0 Å². The van der Waals surface area contributed by atoms with Crippen molar-refractivity contribution in [3.63, 3.8) is 0 Å². The number of aryl methyl sites for hydroxylation is 1. The van der Waals surface area contributed by atoms with Crippen LogP contribution in [0.5, 0.6) is 5.75 Å². The van der Waals surface area contributed by atoms with Crippen LogP contribution in [-0.2, 0) is 0 Å². The molecule has 0 aliphatic heterocycles. The summed E-state index contributed by atoms with van der Waals surface area (Å²) in [6.45, 7) is 4.65. The number of fused-ring (bicyclic) bond motifs is 2. The minimum atomic E-state index is 0.618. The molecular formula is C20H16N4O2S. The normalized spacial score (nSPS) is 11.5. The molecule has 0 saturated heterocycles. The molecule has 3 heterocycles. The van der Waals surface area contributed by atoms with Gasteiger partial charge < -0.3 is 9.15 Å². The zero-order valence-corrected chi connectivity index (χ0v) is 15.7. The summed E-state index contributed by atoms with van der Waals surface area (Å²) in [5.41, 5.74) is 2.89. The molecule has 5 aromatic rings. The van der Waals surface area contributed by atoms with Crippen LogP contribution in [0.25, 0.3) is 38.1 Å². The number of benzene rings is 2. The lowest BCUT2D eigenvalue weighted by molar-refractivity contribution is 0.340. The molecule has 3 aromatic heterocycles. The van der Waals surface area contributed by atoms with Crippen LogP contribution in [0.3, 0.4) is 0 Å². The number of para-hydroxylation sites is 1. The van der Waals surface area contributed by atoms with Gasteiger partial charge in [0.25, 0.3) is 0 Å². The summed E-state index contributed by atoms with van der Waals surface area (Å²) < 4.78 is 13.3. The average Bonchev–Trinajstić information content (AvgIpc) is 3.36. The van der Waals surface area contributed by atoms with Crippen LogP contribution in [-0.4, -0.2) is 26.4 Å². The van der Waals surface area contributed by atoms with Crippen molar-refractivity contribution < 1.29 is 9.15 Å². The van der Waals surface area contributed by atoms with Crippen LogP contribution >= 0.6 is 11.3 Å². The quantitative estimate of drug-likeness (QED) is 0.443. The lowest BCUT2D eigenvalue weighted by Gasteiger charge is -2.02. The summed E-state index contributed by atoms with van der Waals surface area (Å²) in [4.78, 5) is 0.730. The fourth-order valence-corrected chi connectivity index (χ4v) is 3.97. The van der Waals surface area contributed by atoms with E-state index in [9.17, 15) is 0 Å². The Morgan fingerprint density at radius 1 is 1.07 bits per heavy atom. The largest absolute Gasteiger partial charge is 0.494 e. The van der Waals surface area contributed by atoms with E-state index in [-0.39, 0.29) is 0 Å². The van der Waals surface area contributed by atoms with Gasteiger partial charge in [-0.1, -0.05) is 29.5 Å². The third kappa shape index (κ3) is 2.59. The van der Waals surface area contributed by atoms with E-state index in [4.69, 9.17) is 14.3 Å². The van der Waals surface area contributed by atoms with Gasteiger partial charge in [-0.25, -0.2) is 0 Å². The Morgan fingerprint density at radius 3 is 2.67 bits per heavy atom. The van der Waals surface area contributed by atoms with E-state index < -0.39 is 0 Å². The second-order valence-corrected chi connectivity index (χ2v) is 7.09. The zero-order valence-electron chi connectivity index (χ0n) is 14.8. The predicted molar refractivity (Wildman–Crippen MR) is 105 cm³/mol. The molecule has 134 valence electrons. The van der Waals surface area contributed by atoms with Crippen molar-refractivity contribution in [1.29, 1.82) is 0 Å². The third-order valence-corrected chi connectivity index (χ3v) is 5.40. The molecule has 7 heteroatoms. The molecule has 0 radical (unpaired) electrons. The number of aromatic nitrogens is 4. The number of furan rings is 1. The summed E-state index contributed by atoms with van der Waals surface area (Å²) in [5.74, 6) is 2.17. The van der Waals surface area contributed by atoms with Crippen LogP contribution < -0.4 is 4.74 Å². The van der Waals surface area contributed by atoms with E-state index in [2.05, 4.69) is 10.2 Å². The maximum Gasteiger partial charge on any atom is 0.235 e. The third-order valence-electron chi connectivity index (χ3n) is 4.45. The maximum absolute atomic E-state index is 6.03. The molecule has 0 unspecified atom stereocenters. The van der Waals surface area contributed by atoms with E-state index in [1.165, 1.54) is 11.3 Å². The molecule has 6 nitrogen and oxygen atoms in total. The molecule has 27 heavy (non-hydrogen) atoms. The van der Waals surface area contributed by atoms with Crippen molar-refractivity contribution in [2.45, 2.75) is 13.8 Å². The first-order valence-electron chi connectivity index (χ1n) is 8.68. The van der Waals surface area contributed by atoms with Gasteiger partial charge in [-0.05, 0) is 44.2 Å². The number of hydrogen-bond donors (Lipinski definition) is 0. The van der Waals surface area contributed by atoms with Gasteiger partial charge in [-0.15, -0.1) is 10.2 Å². The Morgan fingerprint density at radius 2 is 1.89 bits per heavy atom. The summed E-state index contributed by atoms with van der Waals surface area (Å²) >= 11 is 1.49. The summed E-state index contributed by atoms with van der Waals surface area (Å²) in [6.07, 6.45) is 0. The number of rotatable bonds is 4. The Bertz CT molecular complexity index is 1250. The molecule has 0 amide bonds. The molecule has 5 rings (SSSR count). The number of hydrogen-bond acceptors (Lipinski definition) is 6. The van der Waals surface area contributed by atoms with E-state index in [1.54, 1.807) is 4.52 Å². The lowest BCUT2D eigenvalue weighted by atomic mass is 10.1. The number of nitrogens with zero attached hydrogens (tertiary/aromatic N) is 4. The van der Waals surface area contributed by atoms with E-state index >= 15 is 0 Å². The number of ether oxygens (including phenoxy) is 1. The Labute approximate surface area is 159 Å². The van der Waals surface area contributed by atoms with Crippen LogP contribution in [0.4, 0.5) is 0 Å². The van der Waals surface area contributed by atoms with E-state index in [0.29, 0.717) is 18.2 Å². The van der Waals surface area contributed by atoms with Crippen molar-refractivity contribution in [3.8, 4) is 27.9 Å². The molecule has 0 spiro atoms. The van der Waals surface area contributed by atoms with E-state index in [1.807, 2.05) is 62.4 Å². The minimum absolute atomic E-state index is 0.618. The SMILES string of the molecule is CCOc1ccc(-c2nn3c(-c4oc5ccccc5c4C)nnc3s2)cc1. The second kappa shape index (κ2) is 6.21. The zero-order chi connectivity index (χ0) is 18.4. The molecule has 0 bridgehead atoms. The highest BCUT2D eigenvalue weighted by atomic mass is 32.1. The highest BCUT2D eigenvalue weighted by Crippen LogP contribution is 2.34.